The number of nitrogens with one attached hydrogen (secondary N) is 1. The minimum Gasteiger partial charge on any atom is -0.353 e. The van der Waals surface area contributed by atoms with Crippen LogP contribution in [0.15, 0.2) is 24.3 Å². The fourth-order valence-corrected chi connectivity index (χ4v) is 3.55. The molecule has 2 aliphatic carbocycles. The molecule has 0 saturated heterocycles. The predicted molar refractivity (Wildman–Crippen MR) is 89.7 cm³/mol. The zero-order valence-electron chi connectivity index (χ0n) is 13.6. The van der Waals surface area contributed by atoms with Crippen molar-refractivity contribution in [2.75, 3.05) is 0 Å². The molecule has 120 valence electrons. The van der Waals surface area contributed by atoms with E-state index in [-0.39, 0.29) is 17.4 Å². The molecule has 3 rings (SSSR count). The van der Waals surface area contributed by atoms with Crippen LogP contribution in [-0.2, 0) is 11.2 Å². The van der Waals surface area contributed by atoms with Gasteiger partial charge in [0.2, 0.25) is 5.91 Å². The predicted octanol–water partition coefficient (Wildman–Crippen LogP) is 3.27. The lowest BCUT2D eigenvalue weighted by molar-refractivity contribution is -0.123. The fourth-order valence-electron chi connectivity index (χ4n) is 3.55. The molecule has 0 bridgehead atoms. The van der Waals surface area contributed by atoms with Crippen LogP contribution >= 0.6 is 0 Å². The molecule has 2 fully saturated rings. The molecule has 2 saturated carbocycles. The number of carbonyl (C=O) groups is 1. The van der Waals surface area contributed by atoms with Crippen molar-refractivity contribution in [2.45, 2.75) is 75.8 Å². The molecule has 1 aromatic carbocycles. The number of amides is 1. The summed E-state index contributed by atoms with van der Waals surface area (Å²) in [7, 11) is 0. The summed E-state index contributed by atoms with van der Waals surface area (Å²) in [6.07, 6.45) is 9.15. The molecule has 22 heavy (non-hydrogen) atoms. The van der Waals surface area contributed by atoms with Crippen LogP contribution in [0, 0.1) is 0 Å². The average molecular weight is 300 g/mol. The Kier molecular flexibility index (Phi) is 4.53. The van der Waals surface area contributed by atoms with E-state index in [0.29, 0.717) is 6.04 Å². The summed E-state index contributed by atoms with van der Waals surface area (Å²) in [6.45, 7) is 2.02. The van der Waals surface area contributed by atoms with Gasteiger partial charge < -0.3 is 11.1 Å². The number of hydrogen-bond donors (Lipinski definition) is 2. The molecule has 2 aliphatic rings. The quantitative estimate of drug-likeness (QED) is 0.877. The molecule has 3 heteroatoms. The number of nitrogens with two attached hydrogens (primary N) is 1. The second-order valence-electron chi connectivity index (χ2n) is 7.30. The Labute approximate surface area is 133 Å². The Morgan fingerprint density at radius 3 is 2.64 bits per heavy atom. The van der Waals surface area contributed by atoms with Gasteiger partial charge in [0.1, 0.15) is 0 Å². The summed E-state index contributed by atoms with van der Waals surface area (Å²) in [5.41, 5.74) is 8.64. The molecule has 1 aromatic rings. The minimum absolute atomic E-state index is 0.0182. The first-order valence-corrected chi connectivity index (χ1v) is 8.74. The van der Waals surface area contributed by atoms with Gasteiger partial charge >= 0.3 is 0 Å². The van der Waals surface area contributed by atoms with Gasteiger partial charge in [0, 0.05) is 11.6 Å². The second-order valence-corrected chi connectivity index (χ2v) is 7.30. The van der Waals surface area contributed by atoms with E-state index in [1.165, 1.54) is 24.8 Å². The highest BCUT2D eigenvalue weighted by Crippen LogP contribution is 2.37. The Hall–Kier alpha value is -1.35. The molecule has 0 aromatic heterocycles. The van der Waals surface area contributed by atoms with Gasteiger partial charge in [-0.05, 0) is 50.2 Å². The van der Waals surface area contributed by atoms with E-state index in [0.717, 1.165) is 37.7 Å². The fraction of sp³-hybridized carbons (Fsp3) is 0.632. The SMILES string of the molecule is CC(C(=O)NC1CCCCC1)c1ccccc1CC1(N)CC1. The van der Waals surface area contributed by atoms with Crippen molar-refractivity contribution in [3.8, 4) is 0 Å². The maximum atomic E-state index is 12.6. The van der Waals surface area contributed by atoms with Crippen molar-refractivity contribution in [2.24, 2.45) is 5.73 Å². The van der Waals surface area contributed by atoms with Crippen molar-refractivity contribution in [1.29, 1.82) is 0 Å². The Morgan fingerprint density at radius 1 is 1.27 bits per heavy atom. The zero-order valence-corrected chi connectivity index (χ0v) is 13.6. The van der Waals surface area contributed by atoms with E-state index in [1.807, 2.05) is 13.0 Å². The van der Waals surface area contributed by atoms with E-state index in [9.17, 15) is 4.79 Å². The second kappa shape index (κ2) is 6.41. The zero-order chi connectivity index (χ0) is 15.6. The summed E-state index contributed by atoms with van der Waals surface area (Å²) < 4.78 is 0. The van der Waals surface area contributed by atoms with Gasteiger partial charge in [0.05, 0.1) is 5.92 Å². The first kappa shape index (κ1) is 15.5. The maximum Gasteiger partial charge on any atom is 0.227 e. The molecule has 1 amide bonds. The number of benzene rings is 1. The molecular formula is C19H28N2O. The summed E-state index contributed by atoms with van der Waals surface area (Å²) in [5, 5.41) is 3.25. The van der Waals surface area contributed by atoms with Crippen LogP contribution < -0.4 is 11.1 Å². The standard InChI is InChI=1S/C19H28N2O/c1-14(18(22)21-16-8-3-2-4-9-16)17-10-6-5-7-15(17)13-19(20)11-12-19/h5-7,10,14,16H,2-4,8-9,11-13,20H2,1H3,(H,21,22). The van der Waals surface area contributed by atoms with Gasteiger partial charge in [0.15, 0.2) is 0 Å². The van der Waals surface area contributed by atoms with Crippen LogP contribution in [0.5, 0.6) is 0 Å². The van der Waals surface area contributed by atoms with Crippen molar-refractivity contribution in [1.82, 2.24) is 5.32 Å². The van der Waals surface area contributed by atoms with Crippen molar-refractivity contribution in [3.63, 3.8) is 0 Å². The number of carbonyl (C=O) groups excluding carboxylic acids is 1. The van der Waals surface area contributed by atoms with Gasteiger partial charge in [0.25, 0.3) is 0 Å². The van der Waals surface area contributed by atoms with Gasteiger partial charge in [-0.3, -0.25) is 4.79 Å². The van der Waals surface area contributed by atoms with E-state index in [2.05, 4.69) is 23.5 Å². The number of hydrogen-bond acceptors (Lipinski definition) is 2. The Balaban J connectivity index is 1.68. The molecule has 3 N–H and O–H groups in total. The first-order chi connectivity index (χ1) is 10.6. The summed E-state index contributed by atoms with van der Waals surface area (Å²) in [4.78, 5) is 12.6. The van der Waals surface area contributed by atoms with Crippen molar-refractivity contribution in [3.05, 3.63) is 35.4 Å². The molecule has 0 radical (unpaired) electrons. The maximum absolute atomic E-state index is 12.6. The number of rotatable bonds is 5. The van der Waals surface area contributed by atoms with E-state index in [1.54, 1.807) is 0 Å². The van der Waals surface area contributed by atoms with Crippen molar-refractivity contribution >= 4 is 5.91 Å². The van der Waals surface area contributed by atoms with Crippen LogP contribution in [0.25, 0.3) is 0 Å². The monoisotopic (exact) mass is 300 g/mol. The smallest absolute Gasteiger partial charge is 0.227 e. The van der Waals surface area contributed by atoms with E-state index in [4.69, 9.17) is 5.73 Å². The molecule has 0 aliphatic heterocycles. The average Bonchev–Trinajstić information content (AvgIpc) is 3.25. The molecule has 1 unspecified atom stereocenters. The van der Waals surface area contributed by atoms with Crippen LogP contribution in [0.4, 0.5) is 0 Å². The third kappa shape index (κ3) is 3.70. The van der Waals surface area contributed by atoms with Crippen LogP contribution in [0.1, 0.15) is 68.9 Å². The summed E-state index contributed by atoms with van der Waals surface area (Å²) in [6, 6.07) is 8.68. The molecule has 0 spiro atoms. The lowest BCUT2D eigenvalue weighted by atomic mass is 9.90. The highest BCUT2D eigenvalue weighted by Gasteiger charge is 2.38. The molecule has 1 atom stereocenters. The lowest BCUT2D eigenvalue weighted by Crippen LogP contribution is -2.38. The van der Waals surface area contributed by atoms with Gasteiger partial charge in [-0.15, -0.1) is 0 Å². The third-order valence-electron chi connectivity index (χ3n) is 5.30. The normalized spacial score (nSPS) is 22.1. The molecule has 0 heterocycles. The Bertz CT molecular complexity index is 530. The highest BCUT2D eigenvalue weighted by molar-refractivity contribution is 5.83. The summed E-state index contributed by atoms with van der Waals surface area (Å²) >= 11 is 0. The van der Waals surface area contributed by atoms with Gasteiger partial charge in [-0.1, -0.05) is 43.5 Å². The van der Waals surface area contributed by atoms with E-state index >= 15 is 0 Å². The van der Waals surface area contributed by atoms with Crippen LogP contribution in [0.3, 0.4) is 0 Å². The largest absolute Gasteiger partial charge is 0.353 e. The van der Waals surface area contributed by atoms with Crippen LogP contribution in [0.2, 0.25) is 0 Å². The lowest BCUT2D eigenvalue weighted by Gasteiger charge is -2.25. The van der Waals surface area contributed by atoms with Gasteiger partial charge in [-0.2, -0.15) is 0 Å². The Morgan fingerprint density at radius 2 is 1.95 bits per heavy atom. The highest BCUT2D eigenvalue weighted by atomic mass is 16.1. The molecule has 3 nitrogen and oxygen atoms in total. The molecular weight excluding hydrogens is 272 g/mol. The van der Waals surface area contributed by atoms with Gasteiger partial charge in [-0.25, -0.2) is 0 Å². The minimum atomic E-state index is -0.0968. The first-order valence-electron chi connectivity index (χ1n) is 8.74. The summed E-state index contributed by atoms with van der Waals surface area (Å²) in [5.74, 6) is 0.0710. The van der Waals surface area contributed by atoms with E-state index < -0.39 is 0 Å². The third-order valence-corrected chi connectivity index (χ3v) is 5.30. The topological polar surface area (TPSA) is 55.1 Å². The van der Waals surface area contributed by atoms with Crippen LogP contribution in [-0.4, -0.2) is 17.5 Å². The van der Waals surface area contributed by atoms with Crippen molar-refractivity contribution < 1.29 is 4.79 Å².